The third kappa shape index (κ3) is 5.06. The van der Waals surface area contributed by atoms with Gasteiger partial charge in [0.25, 0.3) is 10.0 Å². The maximum atomic E-state index is 13.3. The predicted octanol–water partition coefficient (Wildman–Crippen LogP) is 5.14. The second-order valence-electron chi connectivity index (χ2n) is 10.7. The standard InChI is InChI=1S/C25H34N2O5S2/c1-8-27-20(23(29)30)9-10-21(27)34(31,32)26-12-11-16(15-26)33-17-13-18(24(2,3)4)22(28)19(14-17)25(5,6)7/h8-10,13-14,16,28H,1,11-12,15H2,2-7H3,(H,29,30)/t16-/m0/s1. The molecule has 0 unspecified atom stereocenters. The lowest BCUT2D eigenvalue weighted by atomic mass is 9.79. The van der Waals surface area contributed by atoms with Gasteiger partial charge >= 0.3 is 5.97 Å². The number of carboxylic acids is 1. The summed E-state index contributed by atoms with van der Waals surface area (Å²) in [5.74, 6) is -0.896. The molecule has 1 fully saturated rings. The fourth-order valence-electron chi connectivity index (χ4n) is 4.16. The molecule has 2 N–H and O–H groups in total. The Hall–Kier alpha value is -2.23. The highest BCUT2D eigenvalue weighted by atomic mass is 32.2. The summed E-state index contributed by atoms with van der Waals surface area (Å²) in [6.07, 6.45) is 1.87. The summed E-state index contributed by atoms with van der Waals surface area (Å²) in [7, 11) is -3.88. The van der Waals surface area contributed by atoms with Gasteiger partial charge in [-0.15, -0.1) is 11.8 Å². The van der Waals surface area contributed by atoms with E-state index in [2.05, 4.69) is 48.1 Å². The molecule has 2 heterocycles. The predicted molar refractivity (Wildman–Crippen MR) is 136 cm³/mol. The lowest BCUT2D eigenvalue weighted by Crippen LogP contribution is -2.30. The van der Waals surface area contributed by atoms with Gasteiger partial charge in [-0.3, -0.25) is 0 Å². The Morgan fingerprint density at radius 2 is 1.68 bits per heavy atom. The molecule has 9 heteroatoms. The normalized spacial score (nSPS) is 17.8. The number of aromatic carboxylic acids is 1. The van der Waals surface area contributed by atoms with Crippen molar-refractivity contribution in [3.63, 3.8) is 0 Å². The smallest absolute Gasteiger partial charge is 0.352 e. The molecule has 0 radical (unpaired) electrons. The van der Waals surface area contributed by atoms with Crippen LogP contribution in [0.15, 0.2) is 40.8 Å². The summed E-state index contributed by atoms with van der Waals surface area (Å²) in [6.45, 7) is 16.6. The van der Waals surface area contributed by atoms with Gasteiger partial charge in [-0.05, 0) is 41.5 Å². The summed E-state index contributed by atoms with van der Waals surface area (Å²) in [5, 5.41) is 20.2. The van der Waals surface area contributed by atoms with Crippen LogP contribution in [0.2, 0.25) is 0 Å². The summed E-state index contributed by atoms with van der Waals surface area (Å²) < 4.78 is 29.1. The van der Waals surface area contributed by atoms with Crippen LogP contribution in [0.1, 0.15) is 69.6 Å². The van der Waals surface area contributed by atoms with E-state index in [1.54, 1.807) is 11.8 Å². The highest BCUT2D eigenvalue weighted by Gasteiger charge is 2.36. The van der Waals surface area contributed by atoms with Gasteiger partial charge in [0.1, 0.15) is 11.4 Å². The number of aromatic hydroxyl groups is 1. The highest BCUT2D eigenvalue weighted by molar-refractivity contribution is 8.00. The number of thioether (sulfide) groups is 1. The Bertz CT molecular complexity index is 1180. The zero-order valence-corrected chi connectivity index (χ0v) is 22.3. The van der Waals surface area contributed by atoms with Gasteiger partial charge < -0.3 is 14.8 Å². The minimum Gasteiger partial charge on any atom is -0.507 e. The van der Waals surface area contributed by atoms with Crippen molar-refractivity contribution in [3.05, 3.63) is 47.7 Å². The van der Waals surface area contributed by atoms with Gasteiger partial charge in [0.2, 0.25) is 0 Å². The summed E-state index contributed by atoms with van der Waals surface area (Å²) >= 11 is 1.62. The summed E-state index contributed by atoms with van der Waals surface area (Å²) in [6, 6.07) is 6.60. The minimum atomic E-state index is -3.88. The van der Waals surface area contributed by atoms with E-state index in [1.165, 1.54) is 22.6 Å². The zero-order chi connectivity index (χ0) is 25.6. The van der Waals surface area contributed by atoms with Crippen LogP contribution in [-0.2, 0) is 20.9 Å². The number of benzene rings is 1. The van der Waals surface area contributed by atoms with Crippen LogP contribution < -0.4 is 0 Å². The van der Waals surface area contributed by atoms with Crippen molar-refractivity contribution in [1.29, 1.82) is 0 Å². The van der Waals surface area contributed by atoms with Crippen molar-refractivity contribution in [1.82, 2.24) is 8.87 Å². The molecule has 0 spiro atoms. The van der Waals surface area contributed by atoms with Crippen LogP contribution >= 0.6 is 11.8 Å². The number of carboxylic acid groups (broad SMARTS) is 1. The number of phenolic OH excluding ortho intramolecular Hbond substituents is 1. The maximum absolute atomic E-state index is 13.3. The van der Waals surface area contributed by atoms with Gasteiger partial charge in [0.05, 0.1) is 0 Å². The molecule has 0 saturated carbocycles. The van der Waals surface area contributed by atoms with Crippen molar-refractivity contribution in [2.75, 3.05) is 13.1 Å². The summed E-state index contributed by atoms with van der Waals surface area (Å²) in [5.41, 5.74) is 1.10. The highest BCUT2D eigenvalue weighted by Crippen LogP contribution is 2.43. The first-order valence-electron chi connectivity index (χ1n) is 11.2. The molecule has 1 aliphatic rings. The van der Waals surface area contributed by atoms with Crippen LogP contribution in [0.4, 0.5) is 0 Å². The second-order valence-corrected chi connectivity index (χ2v) is 13.9. The Kier molecular flexibility index (Phi) is 7.05. The molecule has 1 aromatic carbocycles. The van der Waals surface area contributed by atoms with E-state index >= 15 is 0 Å². The maximum Gasteiger partial charge on any atom is 0.352 e. The lowest BCUT2D eigenvalue weighted by Gasteiger charge is -2.28. The number of rotatable bonds is 6. The first kappa shape index (κ1) is 26.4. The molecule has 186 valence electrons. The number of carbonyl (C=O) groups is 1. The van der Waals surface area contributed by atoms with Crippen molar-refractivity contribution in [2.24, 2.45) is 0 Å². The van der Waals surface area contributed by atoms with Crippen LogP contribution in [0.5, 0.6) is 5.75 Å². The first-order chi connectivity index (χ1) is 15.6. The monoisotopic (exact) mass is 506 g/mol. The van der Waals surface area contributed by atoms with Crippen molar-refractivity contribution >= 4 is 34.0 Å². The van der Waals surface area contributed by atoms with Crippen molar-refractivity contribution < 1.29 is 23.4 Å². The number of hydrogen-bond acceptors (Lipinski definition) is 5. The van der Waals surface area contributed by atoms with Crippen molar-refractivity contribution in [2.45, 2.75) is 74.0 Å². The number of hydrogen-bond donors (Lipinski definition) is 2. The fourth-order valence-corrected chi connectivity index (χ4v) is 7.14. The second kappa shape index (κ2) is 9.09. The van der Waals surface area contributed by atoms with Gasteiger partial charge in [0.15, 0.2) is 5.03 Å². The third-order valence-electron chi connectivity index (χ3n) is 6.00. The molecule has 7 nitrogen and oxygen atoms in total. The molecule has 0 aliphatic carbocycles. The van der Waals surface area contributed by atoms with Gasteiger partial charge in [-0.2, -0.15) is 4.31 Å². The Morgan fingerprint density at radius 1 is 1.12 bits per heavy atom. The van der Waals surface area contributed by atoms with E-state index < -0.39 is 16.0 Å². The molecule has 0 bridgehead atoms. The number of sulfonamides is 1. The lowest BCUT2D eigenvalue weighted by molar-refractivity contribution is 0.0688. The average Bonchev–Trinajstić information content (AvgIpc) is 3.34. The molecular formula is C25H34N2O5S2. The van der Waals surface area contributed by atoms with E-state index in [9.17, 15) is 23.4 Å². The Morgan fingerprint density at radius 3 is 2.15 bits per heavy atom. The van der Waals surface area contributed by atoms with Crippen molar-refractivity contribution in [3.8, 4) is 5.75 Å². The molecule has 0 amide bonds. The number of phenols is 1. The Labute approximate surface area is 206 Å². The minimum absolute atomic E-state index is 0.0334. The molecule has 1 atom stereocenters. The van der Waals surface area contributed by atoms with Crippen LogP contribution in [0.25, 0.3) is 6.20 Å². The molecule has 34 heavy (non-hydrogen) atoms. The average molecular weight is 507 g/mol. The first-order valence-corrected chi connectivity index (χ1v) is 13.5. The molecule has 1 aliphatic heterocycles. The fraction of sp³-hybridized carbons (Fsp3) is 0.480. The SMILES string of the molecule is C=Cn1c(C(=O)O)ccc1S(=O)(=O)N1CC[C@H](Sc2cc(C(C)(C)C)c(O)c(C(C)(C)C)c2)C1. The Balaban J connectivity index is 1.89. The van der Waals surface area contributed by atoms with Gasteiger partial charge in [0, 0.05) is 40.6 Å². The van der Waals surface area contributed by atoms with E-state index in [-0.39, 0.29) is 26.8 Å². The quantitative estimate of drug-likeness (QED) is 0.563. The van der Waals surface area contributed by atoms with E-state index in [4.69, 9.17) is 0 Å². The molecule has 1 saturated heterocycles. The summed E-state index contributed by atoms with van der Waals surface area (Å²) in [4.78, 5) is 12.4. The molecule has 1 aromatic heterocycles. The van der Waals surface area contributed by atoms with E-state index in [1.807, 2.05) is 12.1 Å². The topological polar surface area (TPSA) is 99.8 Å². The molecule has 2 aromatic rings. The number of nitrogens with zero attached hydrogens (tertiary/aromatic N) is 2. The zero-order valence-electron chi connectivity index (χ0n) is 20.6. The molecular weight excluding hydrogens is 472 g/mol. The van der Waals surface area contributed by atoms with Crippen LogP contribution in [-0.4, -0.2) is 51.8 Å². The van der Waals surface area contributed by atoms with Gasteiger partial charge in [-0.1, -0.05) is 48.1 Å². The largest absolute Gasteiger partial charge is 0.507 e. The van der Waals surface area contributed by atoms with E-state index in [0.717, 1.165) is 20.6 Å². The molecule has 3 rings (SSSR count). The van der Waals surface area contributed by atoms with Crippen LogP contribution in [0, 0.1) is 0 Å². The van der Waals surface area contributed by atoms with Gasteiger partial charge in [-0.25, -0.2) is 13.2 Å². The van der Waals surface area contributed by atoms with E-state index in [0.29, 0.717) is 25.3 Å². The number of aromatic nitrogens is 1. The third-order valence-corrected chi connectivity index (χ3v) is 9.10. The van der Waals surface area contributed by atoms with Crippen LogP contribution in [0.3, 0.4) is 0 Å².